The van der Waals surface area contributed by atoms with Gasteiger partial charge in [-0.3, -0.25) is 15.0 Å². The summed E-state index contributed by atoms with van der Waals surface area (Å²) in [5.74, 6) is -2.05. The van der Waals surface area contributed by atoms with E-state index in [0.29, 0.717) is 47.6 Å². The Morgan fingerprint density at radius 3 is 2.49 bits per heavy atom. The standard InChI is InChI=1S/C31H31F5N6O3/c1-19-28(21-9-11-27(43)41(15-21)18-31(34,35)36)39-42(22-6-4-3-5-7-22)29(19)38-30(44)37-26-17-40(12-13-45-2)16-23(26)20-8-10-24(32)25(33)14-20/h3-11,14-15,23,26H,12-13,16-18H2,1-2H3,(H2,37,38,44)/t23-,26+/m0/s1. The molecule has 1 fully saturated rings. The SMILES string of the molecule is COCCN1C[C@@H](NC(=O)Nc2c(C)c(-c3ccc(=O)n(CC(F)(F)F)c3)nn2-c2ccccc2)[C@H](c2ccc(F)c(F)c2)C1. The number of likely N-dealkylation sites (tertiary alicyclic amines) is 1. The predicted octanol–water partition coefficient (Wildman–Crippen LogP) is 5.09. The van der Waals surface area contributed by atoms with Crippen molar-refractivity contribution in [1.82, 2.24) is 24.6 Å². The van der Waals surface area contributed by atoms with Crippen LogP contribution in [0.3, 0.4) is 0 Å². The summed E-state index contributed by atoms with van der Waals surface area (Å²) in [5.41, 5.74) is 1.23. The van der Waals surface area contributed by atoms with E-state index in [1.54, 1.807) is 44.4 Å². The molecule has 14 heteroatoms. The highest BCUT2D eigenvalue weighted by atomic mass is 19.4. The van der Waals surface area contributed by atoms with E-state index in [0.717, 1.165) is 24.4 Å². The van der Waals surface area contributed by atoms with Gasteiger partial charge in [-0.1, -0.05) is 24.3 Å². The zero-order valence-corrected chi connectivity index (χ0v) is 24.4. The number of amides is 2. The topological polar surface area (TPSA) is 93.4 Å². The van der Waals surface area contributed by atoms with Crippen LogP contribution in [0, 0.1) is 18.6 Å². The number of halogens is 5. The molecule has 1 saturated heterocycles. The Hall–Kier alpha value is -4.56. The number of nitrogens with one attached hydrogen (secondary N) is 2. The van der Waals surface area contributed by atoms with Gasteiger partial charge in [0.15, 0.2) is 11.6 Å². The number of urea groups is 1. The van der Waals surface area contributed by atoms with E-state index in [9.17, 15) is 31.5 Å². The summed E-state index contributed by atoms with van der Waals surface area (Å²) in [4.78, 5) is 27.7. The zero-order chi connectivity index (χ0) is 32.3. The minimum absolute atomic E-state index is 0.248. The van der Waals surface area contributed by atoms with Crippen LogP contribution in [0.5, 0.6) is 0 Å². The third-order valence-corrected chi connectivity index (χ3v) is 7.66. The van der Waals surface area contributed by atoms with Gasteiger partial charge in [0.25, 0.3) is 5.56 Å². The molecular formula is C31H31F5N6O3. The number of hydrogen-bond donors (Lipinski definition) is 2. The van der Waals surface area contributed by atoms with Crippen LogP contribution in [0.1, 0.15) is 17.0 Å². The number of alkyl halides is 3. The van der Waals surface area contributed by atoms with Crippen molar-refractivity contribution in [3.05, 3.63) is 100.0 Å². The van der Waals surface area contributed by atoms with Crippen molar-refractivity contribution in [1.29, 1.82) is 0 Å². The number of carbonyl (C=O) groups excluding carboxylic acids is 1. The lowest BCUT2D eigenvalue weighted by Gasteiger charge is -2.21. The summed E-state index contributed by atoms with van der Waals surface area (Å²) in [6, 6.07) is 13.8. The van der Waals surface area contributed by atoms with Crippen LogP contribution in [0.2, 0.25) is 0 Å². The Morgan fingerprint density at radius 2 is 1.80 bits per heavy atom. The van der Waals surface area contributed by atoms with E-state index < -0.39 is 42.0 Å². The van der Waals surface area contributed by atoms with E-state index in [1.807, 2.05) is 4.90 Å². The maximum absolute atomic E-state index is 14.1. The molecule has 238 valence electrons. The van der Waals surface area contributed by atoms with Gasteiger partial charge < -0.3 is 14.6 Å². The molecule has 0 bridgehead atoms. The summed E-state index contributed by atoms with van der Waals surface area (Å²) in [5, 5.41) is 10.4. The fourth-order valence-electron chi connectivity index (χ4n) is 5.49. The Bertz CT molecular complexity index is 1720. The molecule has 3 heterocycles. The first-order chi connectivity index (χ1) is 21.4. The molecule has 0 spiro atoms. The van der Waals surface area contributed by atoms with Crippen molar-refractivity contribution in [2.24, 2.45) is 0 Å². The van der Waals surface area contributed by atoms with Gasteiger partial charge in [0.1, 0.15) is 12.4 Å². The van der Waals surface area contributed by atoms with Crippen molar-refractivity contribution in [2.75, 3.05) is 38.7 Å². The lowest BCUT2D eigenvalue weighted by molar-refractivity contribution is -0.141. The van der Waals surface area contributed by atoms with E-state index in [1.165, 1.54) is 16.8 Å². The molecule has 0 aliphatic carbocycles. The lowest BCUT2D eigenvalue weighted by atomic mass is 9.94. The second-order valence-corrected chi connectivity index (χ2v) is 10.8. The second-order valence-electron chi connectivity index (χ2n) is 10.8. The maximum Gasteiger partial charge on any atom is 0.406 e. The maximum atomic E-state index is 14.1. The van der Waals surface area contributed by atoms with Crippen LogP contribution in [-0.4, -0.2) is 70.8 Å². The molecule has 2 N–H and O–H groups in total. The van der Waals surface area contributed by atoms with Crippen molar-refractivity contribution in [3.8, 4) is 16.9 Å². The van der Waals surface area contributed by atoms with Crippen molar-refractivity contribution in [2.45, 2.75) is 31.6 Å². The Labute approximate surface area is 255 Å². The quantitative estimate of drug-likeness (QED) is 0.252. The molecule has 1 aliphatic rings. The van der Waals surface area contributed by atoms with Crippen LogP contribution in [0.4, 0.5) is 32.6 Å². The summed E-state index contributed by atoms with van der Waals surface area (Å²) < 4.78 is 74.4. The second kappa shape index (κ2) is 13.2. The van der Waals surface area contributed by atoms with E-state index >= 15 is 0 Å². The van der Waals surface area contributed by atoms with Gasteiger partial charge in [0.05, 0.1) is 24.0 Å². The lowest BCUT2D eigenvalue weighted by Crippen LogP contribution is -2.42. The first kappa shape index (κ1) is 31.9. The van der Waals surface area contributed by atoms with Crippen LogP contribution in [-0.2, 0) is 11.3 Å². The molecule has 0 radical (unpaired) electrons. The molecule has 9 nitrogen and oxygen atoms in total. The molecule has 4 aromatic rings. The predicted molar refractivity (Wildman–Crippen MR) is 157 cm³/mol. The summed E-state index contributed by atoms with van der Waals surface area (Å²) >= 11 is 0. The fourth-order valence-corrected chi connectivity index (χ4v) is 5.49. The number of pyridine rings is 1. The number of rotatable bonds is 9. The minimum Gasteiger partial charge on any atom is -0.383 e. The number of benzene rings is 2. The molecule has 0 unspecified atom stereocenters. The van der Waals surface area contributed by atoms with Crippen molar-refractivity contribution in [3.63, 3.8) is 0 Å². The third kappa shape index (κ3) is 7.40. The number of methoxy groups -OCH3 is 1. The minimum atomic E-state index is -4.61. The average molecular weight is 631 g/mol. The van der Waals surface area contributed by atoms with E-state index in [-0.39, 0.29) is 23.0 Å². The zero-order valence-electron chi connectivity index (χ0n) is 24.4. The number of aromatic nitrogens is 3. The summed E-state index contributed by atoms with van der Waals surface area (Å²) in [7, 11) is 1.57. The highest BCUT2D eigenvalue weighted by Gasteiger charge is 2.35. The number of nitrogens with zero attached hydrogens (tertiary/aromatic N) is 4. The Kier molecular flexibility index (Phi) is 9.34. The highest BCUT2D eigenvalue weighted by Crippen LogP contribution is 2.32. The van der Waals surface area contributed by atoms with Crippen LogP contribution < -0.4 is 16.2 Å². The van der Waals surface area contributed by atoms with Crippen LogP contribution >= 0.6 is 0 Å². The number of anilines is 1. The van der Waals surface area contributed by atoms with Crippen LogP contribution in [0.25, 0.3) is 16.9 Å². The highest BCUT2D eigenvalue weighted by molar-refractivity contribution is 5.91. The van der Waals surface area contributed by atoms with Gasteiger partial charge in [-0.15, -0.1) is 0 Å². The smallest absolute Gasteiger partial charge is 0.383 e. The van der Waals surface area contributed by atoms with Crippen molar-refractivity contribution < 1.29 is 31.5 Å². The Balaban J connectivity index is 1.46. The molecule has 1 aliphatic heterocycles. The normalized spacial score (nSPS) is 17.0. The molecule has 2 amide bonds. The summed E-state index contributed by atoms with van der Waals surface area (Å²) in [6.07, 6.45) is -3.52. The van der Waals surface area contributed by atoms with Crippen molar-refractivity contribution >= 4 is 11.8 Å². The van der Waals surface area contributed by atoms with E-state index in [4.69, 9.17) is 4.74 Å². The van der Waals surface area contributed by atoms with Gasteiger partial charge in [0, 0.05) is 56.1 Å². The Morgan fingerprint density at radius 1 is 1.04 bits per heavy atom. The largest absolute Gasteiger partial charge is 0.406 e. The first-order valence-electron chi connectivity index (χ1n) is 14.1. The first-order valence-corrected chi connectivity index (χ1v) is 14.1. The molecular weight excluding hydrogens is 599 g/mol. The molecule has 45 heavy (non-hydrogen) atoms. The molecule has 0 saturated carbocycles. The third-order valence-electron chi connectivity index (χ3n) is 7.66. The number of para-hydroxylation sites is 1. The van der Waals surface area contributed by atoms with Crippen LogP contribution in [0.15, 0.2) is 71.7 Å². The van der Waals surface area contributed by atoms with Gasteiger partial charge in [-0.2, -0.15) is 18.3 Å². The van der Waals surface area contributed by atoms with Gasteiger partial charge in [0.2, 0.25) is 0 Å². The number of hydrogen-bond acceptors (Lipinski definition) is 5. The van der Waals surface area contributed by atoms with Gasteiger partial charge in [-0.25, -0.2) is 18.3 Å². The number of ether oxygens (including phenoxy) is 1. The summed E-state index contributed by atoms with van der Waals surface area (Å²) in [6.45, 7) is 2.09. The van der Waals surface area contributed by atoms with E-state index in [2.05, 4.69) is 15.7 Å². The molecule has 2 aromatic heterocycles. The average Bonchev–Trinajstić information content (AvgIpc) is 3.54. The number of carbonyl (C=O) groups is 1. The molecule has 2 aromatic carbocycles. The van der Waals surface area contributed by atoms with Gasteiger partial charge in [-0.05, 0) is 42.8 Å². The van der Waals surface area contributed by atoms with Gasteiger partial charge >= 0.3 is 12.2 Å². The molecule has 2 atom stereocenters. The fraction of sp³-hybridized carbons (Fsp3) is 0.323. The monoisotopic (exact) mass is 630 g/mol. The molecule has 5 rings (SSSR count).